The molecule has 38 heavy (non-hydrogen) atoms. The van der Waals surface area contributed by atoms with Gasteiger partial charge in [0.05, 0.1) is 18.0 Å². The van der Waals surface area contributed by atoms with Crippen molar-refractivity contribution in [2.45, 2.75) is 98.1 Å². The molecule has 0 saturated carbocycles. The van der Waals surface area contributed by atoms with Crippen LogP contribution in [0.5, 0.6) is 0 Å². The van der Waals surface area contributed by atoms with Crippen molar-refractivity contribution in [2.24, 2.45) is 0 Å². The van der Waals surface area contributed by atoms with E-state index in [1.807, 2.05) is 28.4 Å². The van der Waals surface area contributed by atoms with Crippen LogP contribution in [0.25, 0.3) is 11.1 Å². The van der Waals surface area contributed by atoms with Gasteiger partial charge in [-0.05, 0) is 109 Å². The average Bonchev–Trinajstić information content (AvgIpc) is 3.55. The third kappa shape index (κ3) is 8.23. The predicted molar refractivity (Wildman–Crippen MR) is 151 cm³/mol. The number of carboxylic acids is 1. The van der Waals surface area contributed by atoms with Crippen molar-refractivity contribution in [1.29, 1.82) is 0 Å². The molecular formula is C28H44AlLiN4O4. The van der Waals surface area contributed by atoms with Crippen molar-refractivity contribution in [3.8, 4) is 0 Å². The van der Waals surface area contributed by atoms with Crippen LogP contribution in [-0.2, 0) is 14.3 Å². The Balaban J connectivity index is 0.000000691. The minimum Gasteiger partial charge on any atom is -1.00 e. The number of rotatable bonds is 7. The maximum Gasteiger partial charge on any atom is 1.00 e. The largest absolute Gasteiger partial charge is 1.00 e. The van der Waals surface area contributed by atoms with E-state index < -0.39 is 5.97 Å². The standard InChI is InChI=1S/C15H22N2O2.C13H18N2O2.Al.Li.4H/c1-4-19-15(18)13-8-6-5-7-12(13)14-9-10-16-17(14)11(2)3;1-9(2)15-12(7-8-14-15)10-5-3-4-6-11(10)13(16)17;;;;;;/h9-11H,4-8H2,1-3H3;7-9H,3-6H2,1-2H3,(H,16,17);;;;;;/q;;;+1;;;;-1. The predicted octanol–water partition coefficient (Wildman–Crippen LogP) is 2.16. The summed E-state index contributed by atoms with van der Waals surface area (Å²) in [5, 5.41) is 17.9. The SMILES string of the molecule is CC(C)n1nccc1C1=C(C(=O)O)CCCC1.CCOC(=O)C1=C(c2ccnn2C(C)C)CCCC1.[AlH3].[H-].[Li+]. The van der Waals surface area contributed by atoms with Gasteiger partial charge in [0.25, 0.3) is 0 Å². The van der Waals surface area contributed by atoms with E-state index in [4.69, 9.17) is 4.74 Å². The third-order valence-corrected chi connectivity index (χ3v) is 6.65. The fourth-order valence-corrected chi connectivity index (χ4v) is 4.98. The zero-order valence-electron chi connectivity index (χ0n) is 24.3. The van der Waals surface area contributed by atoms with Crippen LogP contribution in [0.3, 0.4) is 0 Å². The first-order valence-corrected chi connectivity index (χ1v) is 13.2. The van der Waals surface area contributed by atoms with Crippen LogP contribution in [0.2, 0.25) is 0 Å². The number of aromatic nitrogens is 4. The second-order valence-corrected chi connectivity index (χ2v) is 9.86. The number of hydrogen-bond donors (Lipinski definition) is 1. The molecule has 0 amide bonds. The van der Waals surface area contributed by atoms with Crippen LogP contribution in [0, 0.1) is 0 Å². The summed E-state index contributed by atoms with van der Waals surface area (Å²) >= 11 is 0. The van der Waals surface area contributed by atoms with Crippen molar-refractivity contribution in [3.05, 3.63) is 47.1 Å². The van der Waals surface area contributed by atoms with Crippen LogP contribution in [0.1, 0.15) is 111 Å². The molecule has 2 aromatic rings. The number of carbonyl (C=O) groups excluding carboxylic acids is 1. The Morgan fingerprint density at radius 3 is 1.71 bits per heavy atom. The number of carbonyl (C=O) groups is 2. The first kappa shape index (κ1) is 34.0. The van der Waals surface area contributed by atoms with E-state index in [9.17, 15) is 14.7 Å². The van der Waals surface area contributed by atoms with Gasteiger partial charge in [-0.25, -0.2) is 9.59 Å². The van der Waals surface area contributed by atoms with Gasteiger partial charge < -0.3 is 11.3 Å². The molecule has 0 bridgehead atoms. The average molecular weight is 535 g/mol. The summed E-state index contributed by atoms with van der Waals surface area (Å²) in [6, 6.07) is 4.47. The van der Waals surface area contributed by atoms with Gasteiger partial charge in [-0.2, -0.15) is 10.2 Å². The summed E-state index contributed by atoms with van der Waals surface area (Å²) < 4.78 is 9.08. The fourth-order valence-electron chi connectivity index (χ4n) is 4.98. The summed E-state index contributed by atoms with van der Waals surface area (Å²) in [5.74, 6) is -0.940. The summed E-state index contributed by atoms with van der Waals surface area (Å²) in [5.41, 5.74) is 5.54. The van der Waals surface area contributed by atoms with Crippen molar-refractivity contribution in [3.63, 3.8) is 0 Å². The molecular weight excluding hydrogens is 490 g/mol. The Kier molecular flexibility index (Phi) is 14.5. The van der Waals surface area contributed by atoms with E-state index in [1.165, 1.54) is 0 Å². The number of hydrogen-bond acceptors (Lipinski definition) is 5. The topological polar surface area (TPSA) is 99.2 Å². The first-order chi connectivity index (χ1) is 17.3. The molecule has 4 rings (SSSR count). The number of aliphatic carboxylic acids is 1. The Morgan fingerprint density at radius 2 is 1.29 bits per heavy atom. The van der Waals surface area contributed by atoms with E-state index in [0.29, 0.717) is 24.6 Å². The van der Waals surface area contributed by atoms with Gasteiger partial charge in [-0.1, -0.05) is 0 Å². The molecule has 0 radical (unpaired) electrons. The quantitative estimate of drug-likeness (QED) is 0.432. The number of allylic oxidation sites excluding steroid dienone is 2. The van der Waals surface area contributed by atoms with Gasteiger partial charge in [0.15, 0.2) is 17.4 Å². The van der Waals surface area contributed by atoms with E-state index >= 15 is 0 Å². The zero-order valence-corrected chi connectivity index (χ0v) is 23.3. The molecule has 204 valence electrons. The Labute approximate surface area is 250 Å². The van der Waals surface area contributed by atoms with E-state index in [2.05, 4.69) is 37.9 Å². The normalized spacial score (nSPS) is 15.4. The number of ether oxygens (including phenoxy) is 1. The maximum absolute atomic E-state index is 12.1. The van der Waals surface area contributed by atoms with Gasteiger partial charge in [0.2, 0.25) is 0 Å². The van der Waals surface area contributed by atoms with Gasteiger partial charge in [0.1, 0.15) is 0 Å². The minimum atomic E-state index is -0.781. The van der Waals surface area contributed by atoms with Gasteiger partial charge in [-0.3, -0.25) is 9.36 Å². The minimum absolute atomic E-state index is 0. The molecule has 2 aliphatic rings. The molecule has 2 heterocycles. The molecule has 8 nitrogen and oxygen atoms in total. The van der Waals surface area contributed by atoms with Gasteiger partial charge in [-0.15, -0.1) is 0 Å². The van der Waals surface area contributed by atoms with Gasteiger partial charge >= 0.3 is 30.8 Å². The van der Waals surface area contributed by atoms with Crippen LogP contribution < -0.4 is 18.9 Å². The smallest absolute Gasteiger partial charge is 1.00 e. The van der Waals surface area contributed by atoms with Crippen LogP contribution in [-0.4, -0.2) is 60.6 Å². The molecule has 0 aliphatic heterocycles. The summed E-state index contributed by atoms with van der Waals surface area (Å²) in [4.78, 5) is 23.3. The van der Waals surface area contributed by atoms with Crippen molar-refractivity contribution in [2.75, 3.05) is 6.61 Å². The van der Waals surface area contributed by atoms with Gasteiger partial charge in [0, 0.05) is 35.6 Å². The van der Waals surface area contributed by atoms with E-state index in [1.54, 1.807) is 12.4 Å². The Hall–Kier alpha value is -2.03. The van der Waals surface area contributed by atoms with E-state index in [-0.39, 0.29) is 49.7 Å². The Morgan fingerprint density at radius 1 is 0.868 bits per heavy atom. The van der Waals surface area contributed by atoms with Crippen molar-refractivity contribution in [1.82, 2.24) is 19.6 Å². The van der Waals surface area contributed by atoms with Crippen LogP contribution in [0.15, 0.2) is 35.7 Å². The molecule has 0 spiro atoms. The molecule has 0 fully saturated rings. The monoisotopic (exact) mass is 534 g/mol. The van der Waals surface area contributed by atoms with Crippen LogP contribution >= 0.6 is 0 Å². The van der Waals surface area contributed by atoms with Crippen molar-refractivity contribution < 1.29 is 39.7 Å². The molecule has 0 atom stereocenters. The number of carboxylic acid groups (broad SMARTS) is 1. The van der Waals surface area contributed by atoms with Crippen molar-refractivity contribution >= 4 is 40.4 Å². The molecule has 2 aromatic heterocycles. The third-order valence-electron chi connectivity index (χ3n) is 6.65. The second kappa shape index (κ2) is 16.2. The first-order valence-electron chi connectivity index (χ1n) is 13.2. The maximum atomic E-state index is 12.1. The fraction of sp³-hybridized carbons (Fsp3) is 0.571. The second-order valence-electron chi connectivity index (χ2n) is 9.86. The molecule has 0 unspecified atom stereocenters. The van der Waals surface area contributed by atoms with E-state index in [0.717, 1.165) is 73.1 Å². The Bertz CT molecular complexity index is 1140. The summed E-state index contributed by atoms with van der Waals surface area (Å²) in [6.07, 6.45) is 11.1. The van der Waals surface area contributed by atoms with Crippen LogP contribution in [0.4, 0.5) is 0 Å². The number of nitrogens with zero attached hydrogens (tertiary/aromatic N) is 4. The molecule has 2 aliphatic carbocycles. The number of esters is 1. The zero-order chi connectivity index (χ0) is 26.2. The molecule has 1 N–H and O–H groups in total. The molecule has 10 heteroatoms. The molecule has 0 saturated heterocycles. The summed E-state index contributed by atoms with van der Waals surface area (Å²) in [7, 11) is 0. The summed E-state index contributed by atoms with van der Waals surface area (Å²) in [6.45, 7) is 10.6. The molecule has 0 aromatic carbocycles.